The molecular weight excluding hydrogens is 320 g/mol. The van der Waals surface area contributed by atoms with E-state index in [1.807, 2.05) is 18.2 Å². The van der Waals surface area contributed by atoms with Crippen molar-refractivity contribution in [2.45, 2.75) is 45.1 Å². The summed E-state index contributed by atoms with van der Waals surface area (Å²) in [6.45, 7) is 3.13. The molecule has 1 aliphatic heterocycles. The van der Waals surface area contributed by atoms with Crippen LogP contribution in [0.25, 0.3) is 0 Å². The van der Waals surface area contributed by atoms with E-state index in [4.69, 9.17) is 9.47 Å². The van der Waals surface area contributed by atoms with Crippen molar-refractivity contribution in [3.05, 3.63) is 23.8 Å². The average Bonchev–Trinajstić information content (AvgIpc) is 3.13. The number of carbonyl (C=O) groups excluding carboxylic acids is 2. The van der Waals surface area contributed by atoms with E-state index in [2.05, 4.69) is 10.6 Å². The van der Waals surface area contributed by atoms with Crippen LogP contribution in [0, 0.1) is 5.92 Å². The van der Waals surface area contributed by atoms with Crippen LogP contribution in [0.3, 0.4) is 0 Å². The fraction of sp³-hybridized carbons (Fsp3) is 0.579. The molecule has 0 saturated heterocycles. The molecule has 1 aromatic rings. The molecule has 1 atom stereocenters. The first kappa shape index (κ1) is 17.6. The molecule has 136 valence electrons. The Morgan fingerprint density at radius 3 is 2.60 bits per heavy atom. The molecule has 2 N–H and O–H groups in total. The predicted molar refractivity (Wildman–Crippen MR) is 93.7 cm³/mol. The Bertz CT molecular complexity index is 626. The number of rotatable bonds is 6. The van der Waals surface area contributed by atoms with Crippen LogP contribution in [0.1, 0.15) is 38.2 Å². The number of benzene rings is 1. The van der Waals surface area contributed by atoms with E-state index < -0.39 is 6.04 Å². The topological polar surface area (TPSA) is 76.7 Å². The fourth-order valence-corrected chi connectivity index (χ4v) is 3.59. The molecule has 6 heteroatoms. The van der Waals surface area contributed by atoms with Crippen LogP contribution in [-0.2, 0) is 16.0 Å². The maximum absolute atomic E-state index is 12.5. The van der Waals surface area contributed by atoms with Crippen molar-refractivity contribution in [2.24, 2.45) is 5.92 Å². The van der Waals surface area contributed by atoms with Crippen molar-refractivity contribution >= 4 is 11.8 Å². The highest BCUT2D eigenvalue weighted by Gasteiger charge is 2.31. The van der Waals surface area contributed by atoms with E-state index in [0.717, 1.165) is 42.7 Å². The molecule has 0 spiro atoms. The third kappa shape index (κ3) is 4.65. The highest BCUT2D eigenvalue weighted by molar-refractivity contribution is 5.87. The Morgan fingerprint density at radius 1 is 1.16 bits per heavy atom. The normalized spacial score (nSPS) is 17.8. The van der Waals surface area contributed by atoms with Crippen molar-refractivity contribution in [3.8, 4) is 11.5 Å². The Labute approximate surface area is 148 Å². The molecule has 0 aromatic heterocycles. The molecule has 1 saturated carbocycles. The van der Waals surface area contributed by atoms with Gasteiger partial charge in [0.2, 0.25) is 11.8 Å². The zero-order chi connectivity index (χ0) is 17.6. The first-order valence-corrected chi connectivity index (χ1v) is 9.07. The second kappa shape index (κ2) is 8.23. The summed E-state index contributed by atoms with van der Waals surface area (Å²) in [7, 11) is 0. The summed E-state index contributed by atoms with van der Waals surface area (Å²) in [5, 5.41) is 5.79. The Morgan fingerprint density at radius 2 is 1.88 bits per heavy atom. The molecular formula is C19H26N2O4. The van der Waals surface area contributed by atoms with Crippen molar-refractivity contribution in [2.75, 3.05) is 19.8 Å². The number of nitrogens with one attached hydrogen (secondary N) is 2. The second-order valence-corrected chi connectivity index (χ2v) is 6.74. The smallest absolute Gasteiger partial charge is 0.242 e. The van der Waals surface area contributed by atoms with Gasteiger partial charge in [0.05, 0.1) is 0 Å². The average molecular weight is 346 g/mol. The largest absolute Gasteiger partial charge is 0.486 e. The number of amides is 2. The van der Waals surface area contributed by atoms with Gasteiger partial charge in [-0.05, 0) is 42.9 Å². The van der Waals surface area contributed by atoms with Gasteiger partial charge in [-0.3, -0.25) is 9.59 Å². The number of hydrogen-bond donors (Lipinski definition) is 2. The summed E-state index contributed by atoms with van der Waals surface area (Å²) >= 11 is 0. The molecule has 0 bridgehead atoms. The van der Waals surface area contributed by atoms with Crippen LogP contribution < -0.4 is 20.1 Å². The summed E-state index contributed by atoms with van der Waals surface area (Å²) < 4.78 is 11.1. The van der Waals surface area contributed by atoms with Crippen LogP contribution in [0.15, 0.2) is 18.2 Å². The first-order valence-electron chi connectivity index (χ1n) is 9.07. The van der Waals surface area contributed by atoms with Crippen LogP contribution >= 0.6 is 0 Å². The van der Waals surface area contributed by atoms with Gasteiger partial charge < -0.3 is 20.1 Å². The van der Waals surface area contributed by atoms with Gasteiger partial charge >= 0.3 is 0 Å². The Balaban J connectivity index is 1.52. The third-order valence-corrected chi connectivity index (χ3v) is 4.83. The minimum atomic E-state index is -0.416. The van der Waals surface area contributed by atoms with Gasteiger partial charge in [-0.2, -0.15) is 0 Å². The summed E-state index contributed by atoms with van der Waals surface area (Å²) in [6.07, 6.45) is 4.97. The minimum Gasteiger partial charge on any atom is -0.486 e. The van der Waals surface area contributed by atoms with E-state index in [1.54, 1.807) is 0 Å². The van der Waals surface area contributed by atoms with Crippen LogP contribution in [0.2, 0.25) is 0 Å². The zero-order valence-electron chi connectivity index (χ0n) is 14.7. The van der Waals surface area contributed by atoms with Crippen molar-refractivity contribution in [3.63, 3.8) is 0 Å². The van der Waals surface area contributed by atoms with Crippen molar-refractivity contribution < 1.29 is 19.1 Å². The lowest BCUT2D eigenvalue weighted by molar-refractivity contribution is -0.129. The zero-order valence-corrected chi connectivity index (χ0v) is 14.7. The molecule has 1 aromatic carbocycles. The molecule has 0 radical (unpaired) electrons. The standard InChI is InChI=1S/C19H26N2O4/c1-13(22)21-18(15-4-2-3-5-15)19(23)20-9-8-14-6-7-16-17(12-14)25-11-10-24-16/h6-7,12,15,18H,2-5,8-11H2,1H3,(H,20,23)(H,21,22). The monoisotopic (exact) mass is 346 g/mol. The SMILES string of the molecule is CC(=O)NC(C(=O)NCCc1ccc2c(c1)OCCO2)C1CCCC1. The molecule has 1 unspecified atom stereocenters. The summed E-state index contributed by atoms with van der Waals surface area (Å²) in [5.74, 6) is 1.54. The molecule has 3 rings (SSSR count). The number of hydrogen-bond acceptors (Lipinski definition) is 4. The lowest BCUT2D eigenvalue weighted by Gasteiger charge is -2.23. The second-order valence-electron chi connectivity index (χ2n) is 6.74. The van der Waals surface area contributed by atoms with Gasteiger partial charge in [0.1, 0.15) is 19.3 Å². The number of carbonyl (C=O) groups is 2. The van der Waals surface area contributed by atoms with E-state index in [1.165, 1.54) is 6.92 Å². The Kier molecular flexibility index (Phi) is 5.79. The van der Waals surface area contributed by atoms with E-state index in [0.29, 0.717) is 26.2 Å². The van der Waals surface area contributed by atoms with Gasteiger partial charge in [-0.25, -0.2) is 0 Å². The van der Waals surface area contributed by atoms with Crippen molar-refractivity contribution in [1.82, 2.24) is 10.6 Å². The molecule has 1 heterocycles. The lowest BCUT2D eigenvalue weighted by atomic mass is 9.97. The van der Waals surface area contributed by atoms with Crippen LogP contribution in [-0.4, -0.2) is 37.6 Å². The van der Waals surface area contributed by atoms with Crippen LogP contribution in [0.4, 0.5) is 0 Å². The highest BCUT2D eigenvalue weighted by atomic mass is 16.6. The summed E-state index contributed by atoms with van der Waals surface area (Å²) in [4.78, 5) is 23.9. The minimum absolute atomic E-state index is 0.0837. The van der Waals surface area contributed by atoms with Gasteiger partial charge in [-0.1, -0.05) is 18.9 Å². The first-order chi connectivity index (χ1) is 12.1. The third-order valence-electron chi connectivity index (χ3n) is 4.83. The fourth-order valence-electron chi connectivity index (χ4n) is 3.59. The lowest BCUT2D eigenvalue weighted by Crippen LogP contribution is -2.50. The molecule has 2 aliphatic rings. The van der Waals surface area contributed by atoms with E-state index in [-0.39, 0.29) is 17.7 Å². The highest BCUT2D eigenvalue weighted by Crippen LogP contribution is 2.31. The molecule has 1 aliphatic carbocycles. The summed E-state index contributed by atoms with van der Waals surface area (Å²) in [6, 6.07) is 5.44. The molecule has 1 fully saturated rings. The van der Waals surface area contributed by atoms with Gasteiger partial charge in [0.15, 0.2) is 11.5 Å². The number of fused-ring (bicyclic) bond motifs is 1. The Hall–Kier alpha value is -2.24. The van der Waals surface area contributed by atoms with E-state index in [9.17, 15) is 9.59 Å². The number of ether oxygens (including phenoxy) is 2. The van der Waals surface area contributed by atoms with E-state index >= 15 is 0 Å². The molecule has 25 heavy (non-hydrogen) atoms. The molecule has 6 nitrogen and oxygen atoms in total. The van der Waals surface area contributed by atoms with Crippen LogP contribution in [0.5, 0.6) is 11.5 Å². The summed E-state index contributed by atoms with van der Waals surface area (Å²) in [5.41, 5.74) is 1.08. The van der Waals surface area contributed by atoms with Gasteiger partial charge in [0.25, 0.3) is 0 Å². The molecule has 2 amide bonds. The van der Waals surface area contributed by atoms with Gasteiger partial charge in [0, 0.05) is 13.5 Å². The maximum Gasteiger partial charge on any atom is 0.242 e. The van der Waals surface area contributed by atoms with Crippen molar-refractivity contribution in [1.29, 1.82) is 0 Å². The maximum atomic E-state index is 12.5. The van der Waals surface area contributed by atoms with Gasteiger partial charge in [-0.15, -0.1) is 0 Å². The quantitative estimate of drug-likeness (QED) is 0.824. The predicted octanol–water partition coefficient (Wildman–Crippen LogP) is 1.81.